The second-order valence-corrected chi connectivity index (χ2v) is 6.60. The van der Waals surface area contributed by atoms with Crippen LogP contribution >= 0.6 is 0 Å². The van der Waals surface area contributed by atoms with Crippen LogP contribution < -0.4 is 14.8 Å². The first kappa shape index (κ1) is 16.1. The van der Waals surface area contributed by atoms with Gasteiger partial charge in [0.2, 0.25) is 0 Å². The highest BCUT2D eigenvalue weighted by molar-refractivity contribution is 5.42. The predicted molar refractivity (Wildman–Crippen MR) is 86.2 cm³/mol. The number of hydrogen-bond acceptors (Lipinski definition) is 4. The summed E-state index contributed by atoms with van der Waals surface area (Å²) in [5, 5.41) is 3.42. The molecule has 118 valence electrons. The quantitative estimate of drug-likeness (QED) is 0.874. The molecule has 1 saturated heterocycles. The van der Waals surface area contributed by atoms with Crippen molar-refractivity contribution < 1.29 is 9.47 Å². The maximum atomic E-state index is 5.52. The van der Waals surface area contributed by atoms with Crippen LogP contribution in [-0.4, -0.2) is 45.8 Å². The Kier molecular flexibility index (Phi) is 5.12. The number of nitrogens with zero attached hydrogens (tertiary/aromatic N) is 1. The van der Waals surface area contributed by atoms with Gasteiger partial charge in [-0.25, -0.2) is 0 Å². The first-order valence-corrected chi connectivity index (χ1v) is 7.60. The van der Waals surface area contributed by atoms with Crippen molar-refractivity contribution in [3.63, 3.8) is 0 Å². The largest absolute Gasteiger partial charge is 0.497 e. The minimum atomic E-state index is 0.240. The summed E-state index contributed by atoms with van der Waals surface area (Å²) in [4.78, 5) is 2.53. The molecular formula is C17H28N2O2. The van der Waals surface area contributed by atoms with Crippen molar-refractivity contribution in [2.45, 2.75) is 26.3 Å². The highest BCUT2D eigenvalue weighted by atomic mass is 16.5. The molecule has 0 aliphatic carbocycles. The zero-order valence-electron chi connectivity index (χ0n) is 13.9. The molecule has 4 nitrogen and oxygen atoms in total. The molecule has 0 aromatic heterocycles. The van der Waals surface area contributed by atoms with Gasteiger partial charge in [0, 0.05) is 24.7 Å². The first-order valence-electron chi connectivity index (χ1n) is 7.60. The van der Waals surface area contributed by atoms with E-state index in [1.807, 2.05) is 19.2 Å². The summed E-state index contributed by atoms with van der Waals surface area (Å²) in [6.45, 7) is 7.99. The van der Waals surface area contributed by atoms with Gasteiger partial charge < -0.3 is 19.7 Å². The van der Waals surface area contributed by atoms with Crippen molar-refractivity contribution >= 4 is 0 Å². The molecule has 1 atom stereocenters. The molecule has 1 heterocycles. The van der Waals surface area contributed by atoms with E-state index in [-0.39, 0.29) is 6.04 Å². The van der Waals surface area contributed by atoms with Crippen molar-refractivity contribution in [2.24, 2.45) is 5.41 Å². The number of likely N-dealkylation sites (N-methyl/N-ethyl adjacent to an activating group) is 1. The van der Waals surface area contributed by atoms with E-state index in [0.717, 1.165) is 36.7 Å². The molecule has 2 rings (SSSR count). The number of hydrogen-bond donors (Lipinski definition) is 1. The Morgan fingerprint density at radius 2 is 2.05 bits per heavy atom. The van der Waals surface area contributed by atoms with Gasteiger partial charge in [0.1, 0.15) is 11.5 Å². The van der Waals surface area contributed by atoms with Crippen molar-refractivity contribution in [3.8, 4) is 11.5 Å². The Balaban J connectivity index is 2.17. The van der Waals surface area contributed by atoms with Crippen LogP contribution in [0.15, 0.2) is 18.2 Å². The zero-order chi connectivity index (χ0) is 15.5. The number of nitrogens with one attached hydrogen (secondary N) is 1. The van der Waals surface area contributed by atoms with Crippen LogP contribution in [0, 0.1) is 5.41 Å². The Morgan fingerprint density at radius 1 is 1.29 bits per heavy atom. The Bertz CT molecular complexity index is 474. The molecule has 1 aliphatic heterocycles. The molecule has 0 bridgehead atoms. The third-order valence-corrected chi connectivity index (χ3v) is 4.36. The van der Waals surface area contributed by atoms with E-state index in [0.29, 0.717) is 5.41 Å². The van der Waals surface area contributed by atoms with Gasteiger partial charge in [-0.1, -0.05) is 13.8 Å². The van der Waals surface area contributed by atoms with Gasteiger partial charge in [0.15, 0.2) is 0 Å². The molecule has 1 unspecified atom stereocenters. The van der Waals surface area contributed by atoms with Crippen LogP contribution in [0.3, 0.4) is 0 Å². The highest BCUT2D eigenvalue weighted by Crippen LogP contribution is 2.33. The average molecular weight is 292 g/mol. The standard InChI is InChI=1S/C17H28N2O2/c1-17(2)8-9-19(12-17)11-15(18-3)14-10-13(20-4)6-7-16(14)21-5/h6-7,10,15,18H,8-9,11-12H2,1-5H3. The summed E-state index contributed by atoms with van der Waals surface area (Å²) in [6, 6.07) is 6.23. The highest BCUT2D eigenvalue weighted by Gasteiger charge is 2.30. The third-order valence-electron chi connectivity index (χ3n) is 4.36. The van der Waals surface area contributed by atoms with E-state index >= 15 is 0 Å². The second kappa shape index (κ2) is 6.67. The fraction of sp³-hybridized carbons (Fsp3) is 0.647. The molecular weight excluding hydrogens is 264 g/mol. The van der Waals surface area contributed by atoms with Gasteiger partial charge in [-0.05, 0) is 43.6 Å². The summed E-state index contributed by atoms with van der Waals surface area (Å²) in [5.41, 5.74) is 1.58. The van der Waals surface area contributed by atoms with Crippen LogP contribution in [0.2, 0.25) is 0 Å². The summed E-state index contributed by atoms with van der Waals surface area (Å²) in [5.74, 6) is 1.78. The lowest BCUT2D eigenvalue weighted by molar-refractivity contribution is 0.262. The van der Waals surface area contributed by atoms with Gasteiger partial charge in [-0.15, -0.1) is 0 Å². The molecule has 0 spiro atoms. The van der Waals surface area contributed by atoms with Gasteiger partial charge in [-0.2, -0.15) is 0 Å². The number of ether oxygens (including phenoxy) is 2. The van der Waals surface area contributed by atoms with Gasteiger partial charge in [0.25, 0.3) is 0 Å². The molecule has 1 aromatic rings. The van der Waals surface area contributed by atoms with Gasteiger partial charge >= 0.3 is 0 Å². The van der Waals surface area contributed by atoms with E-state index in [1.165, 1.54) is 6.42 Å². The Labute approximate surface area is 128 Å². The van der Waals surface area contributed by atoms with Crippen LogP contribution in [0.25, 0.3) is 0 Å². The lowest BCUT2D eigenvalue weighted by Gasteiger charge is -2.26. The monoisotopic (exact) mass is 292 g/mol. The fourth-order valence-electron chi connectivity index (χ4n) is 3.10. The van der Waals surface area contributed by atoms with Crippen LogP contribution in [0.5, 0.6) is 11.5 Å². The van der Waals surface area contributed by atoms with Crippen LogP contribution in [-0.2, 0) is 0 Å². The molecule has 1 fully saturated rings. The number of methoxy groups -OCH3 is 2. The maximum Gasteiger partial charge on any atom is 0.123 e. The molecule has 0 amide bonds. The smallest absolute Gasteiger partial charge is 0.123 e. The first-order chi connectivity index (χ1) is 9.99. The Morgan fingerprint density at radius 3 is 2.57 bits per heavy atom. The molecule has 1 aliphatic rings. The van der Waals surface area contributed by atoms with Gasteiger partial charge in [0.05, 0.1) is 14.2 Å². The predicted octanol–water partition coefficient (Wildman–Crippen LogP) is 2.70. The van der Waals surface area contributed by atoms with Crippen molar-refractivity contribution in [1.82, 2.24) is 10.2 Å². The van der Waals surface area contributed by atoms with E-state index in [9.17, 15) is 0 Å². The molecule has 21 heavy (non-hydrogen) atoms. The minimum absolute atomic E-state index is 0.240. The van der Waals surface area contributed by atoms with E-state index in [4.69, 9.17) is 9.47 Å². The van der Waals surface area contributed by atoms with Crippen molar-refractivity contribution in [2.75, 3.05) is 40.9 Å². The zero-order valence-corrected chi connectivity index (χ0v) is 13.9. The topological polar surface area (TPSA) is 33.7 Å². The van der Waals surface area contributed by atoms with E-state index < -0.39 is 0 Å². The molecule has 1 N–H and O–H groups in total. The Hall–Kier alpha value is -1.26. The van der Waals surface area contributed by atoms with Crippen LogP contribution in [0.1, 0.15) is 31.9 Å². The van der Waals surface area contributed by atoms with E-state index in [1.54, 1.807) is 14.2 Å². The number of benzene rings is 1. The second-order valence-electron chi connectivity index (χ2n) is 6.60. The summed E-state index contributed by atoms with van der Waals surface area (Å²) >= 11 is 0. The molecule has 0 saturated carbocycles. The minimum Gasteiger partial charge on any atom is -0.497 e. The van der Waals surface area contributed by atoms with Crippen molar-refractivity contribution in [1.29, 1.82) is 0 Å². The van der Waals surface area contributed by atoms with Gasteiger partial charge in [-0.3, -0.25) is 0 Å². The molecule has 0 radical (unpaired) electrons. The fourth-order valence-corrected chi connectivity index (χ4v) is 3.10. The maximum absolute atomic E-state index is 5.52. The third kappa shape index (κ3) is 3.89. The normalized spacial score (nSPS) is 19.5. The number of rotatable bonds is 6. The lowest BCUT2D eigenvalue weighted by Crippen LogP contribution is -2.33. The molecule has 4 heteroatoms. The SMILES string of the molecule is CNC(CN1CCC(C)(C)C1)c1cc(OC)ccc1OC. The average Bonchev–Trinajstić information content (AvgIpc) is 2.83. The lowest BCUT2D eigenvalue weighted by atomic mass is 9.93. The van der Waals surface area contributed by atoms with Crippen LogP contribution in [0.4, 0.5) is 0 Å². The van der Waals surface area contributed by atoms with E-state index in [2.05, 4.69) is 30.1 Å². The number of likely N-dealkylation sites (tertiary alicyclic amines) is 1. The summed E-state index contributed by atoms with van der Waals surface area (Å²) < 4.78 is 10.9. The summed E-state index contributed by atoms with van der Waals surface area (Å²) in [7, 11) is 5.42. The summed E-state index contributed by atoms with van der Waals surface area (Å²) in [6.07, 6.45) is 1.26. The molecule has 1 aromatic carbocycles. The van der Waals surface area contributed by atoms with Crippen molar-refractivity contribution in [3.05, 3.63) is 23.8 Å².